The number of rotatable bonds is 2. The van der Waals surface area contributed by atoms with E-state index in [1.54, 1.807) is 19.2 Å². The van der Waals surface area contributed by atoms with Gasteiger partial charge in [-0.1, -0.05) is 6.92 Å². The van der Waals surface area contributed by atoms with Gasteiger partial charge in [-0.2, -0.15) is 0 Å². The fourth-order valence-corrected chi connectivity index (χ4v) is 2.22. The molecule has 1 aromatic heterocycles. The van der Waals surface area contributed by atoms with Crippen LogP contribution in [0.2, 0.25) is 0 Å². The zero-order valence-corrected chi connectivity index (χ0v) is 10.7. The number of nitrogens with zero attached hydrogens (tertiary/aromatic N) is 3. The Morgan fingerprint density at radius 2 is 2.33 bits per heavy atom. The fraction of sp³-hybridized carbons (Fsp3) is 0.583. The Kier molecular flexibility index (Phi) is 3.47. The summed E-state index contributed by atoms with van der Waals surface area (Å²) in [6.45, 7) is 5.30. The normalized spacial score (nSPS) is 24.1. The Labute approximate surface area is 106 Å². The standard InChI is InChI=1S/C12H18N4O2/c1-8-5-11(16(17)18)12(14-6-8)15-4-3-9(2)10(13)7-15/h5-6,9-10H,3-4,7,13H2,1-2H3. The van der Waals surface area contributed by atoms with Gasteiger partial charge in [0.15, 0.2) is 0 Å². The monoisotopic (exact) mass is 250 g/mol. The number of hydrogen-bond donors (Lipinski definition) is 1. The summed E-state index contributed by atoms with van der Waals surface area (Å²) in [6, 6.07) is 1.60. The molecule has 2 atom stereocenters. The fourth-order valence-electron chi connectivity index (χ4n) is 2.22. The highest BCUT2D eigenvalue weighted by Crippen LogP contribution is 2.29. The van der Waals surface area contributed by atoms with E-state index in [-0.39, 0.29) is 16.7 Å². The predicted molar refractivity (Wildman–Crippen MR) is 69.6 cm³/mol. The largest absolute Gasteiger partial charge is 0.349 e. The molecule has 0 aromatic carbocycles. The molecule has 0 saturated carbocycles. The predicted octanol–water partition coefficient (Wildman–Crippen LogP) is 1.47. The summed E-state index contributed by atoms with van der Waals surface area (Å²) in [5.41, 5.74) is 6.88. The van der Waals surface area contributed by atoms with Crippen LogP contribution < -0.4 is 10.6 Å². The van der Waals surface area contributed by atoms with E-state index in [0.717, 1.165) is 18.5 Å². The van der Waals surface area contributed by atoms with Gasteiger partial charge in [0, 0.05) is 31.4 Å². The number of aryl methyl sites for hydroxylation is 1. The minimum absolute atomic E-state index is 0.0430. The number of anilines is 1. The number of pyridine rings is 1. The quantitative estimate of drug-likeness (QED) is 0.634. The molecule has 2 unspecified atom stereocenters. The number of hydrogen-bond acceptors (Lipinski definition) is 5. The van der Waals surface area contributed by atoms with Crippen molar-refractivity contribution in [3.8, 4) is 0 Å². The van der Waals surface area contributed by atoms with Crippen molar-refractivity contribution in [1.29, 1.82) is 0 Å². The topological polar surface area (TPSA) is 85.3 Å². The van der Waals surface area contributed by atoms with Crippen LogP contribution in [0.1, 0.15) is 18.9 Å². The van der Waals surface area contributed by atoms with Crippen LogP contribution in [-0.4, -0.2) is 29.0 Å². The molecule has 98 valence electrons. The maximum Gasteiger partial charge on any atom is 0.311 e. The third-order valence-electron chi connectivity index (χ3n) is 3.50. The summed E-state index contributed by atoms with van der Waals surface area (Å²) in [6.07, 6.45) is 2.60. The summed E-state index contributed by atoms with van der Waals surface area (Å²) in [7, 11) is 0. The molecule has 1 aliphatic rings. The first kappa shape index (κ1) is 12.8. The molecule has 1 fully saturated rings. The molecule has 6 nitrogen and oxygen atoms in total. The first-order valence-corrected chi connectivity index (χ1v) is 6.10. The lowest BCUT2D eigenvalue weighted by atomic mass is 9.94. The van der Waals surface area contributed by atoms with Gasteiger partial charge in [-0.3, -0.25) is 10.1 Å². The van der Waals surface area contributed by atoms with Crippen molar-refractivity contribution in [3.05, 3.63) is 27.9 Å². The average molecular weight is 250 g/mol. The Morgan fingerprint density at radius 3 is 2.94 bits per heavy atom. The molecular formula is C12H18N4O2. The van der Waals surface area contributed by atoms with E-state index in [1.807, 2.05) is 4.90 Å². The van der Waals surface area contributed by atoms with Crippen LogP contribution >= 0.6 is 0 Å². The first-order chi connectivity index (χ1) is 8.49. The van der Waals surface area contributed by atoms with Gasteiger partial charge < -0.3 is 10.6 Å². The number of nitro groups is 1. The van der Waals surface area contributed by atoms with Crippen molar-refractivity contribution in [2.75, 3.05) is 18.0 Å². The Bertz CT molecular complexity index is 463. The van der Waals surface area contributed by atoms with E-state index in [9.17, 15) is 10.1 Å². The Morgan fingerprint density at radius 1 is 1.61 bits per heavy atom. The van der Waals surface area contributed by atoms with Gasteiger partial charge in [-0.15, -0.1) is 0 Å². The second kappa shape index (κ2) is 4.89. The molecule has 18 heavy (non-hydrogen) atoms. The van der Waals surface area contributed by atoms with Crippen LogP contribution in [0.3, 0.4) is 0 Å². The third-order valence-corrected chi connectivity index (χ3v) is 3.50. The van der Waals surface area contributed by atoms with Gasteiger partial charge in [0.25, 0.3) is 0 Å². The number of nitrogens with two attached hydrogens (primary N) is 1. The van der Waals surface area contributed by atoms with Crippen molar-refractivity contribution in [2.45, 2.75) is 26.3 Å². The lowest BCUT2D eigenvalue weighted by Gasteiger charge is -2.35. The zero-order chi connectivity index (χ0) is 13.3. The van der Waals surface area contributed by atoms with E-state index >= 15 is 0 Å². The van der Waals surface area contributed by atoms with Crippen molar-refractivity contribution >= 4 is 11.5 Å². The van der Waals surface area contributed by atoms with Gasteiger partial charge >= 0.3 is 5.69 Å². The van der Waals surface area contributed by atoms with E-state index in [4.69, 9.17) is 5.73 Å². The molecule has 0 spiro atoms. The Balaban J connectivity index is 2.30. The second-order valence-corrected chi connectivity index (χ2v) is 4.99. The van der Waals surface area contributed by atoms with E-state index < -0.39 is 0 Å². The van der Waals surface area contributed by atoms with Crippen molar-refractivity contribution in [1.82, 2.24) is 4.98 Å². The molecule has 2 heterocycles. The van der Waals surface area contributed by atoms with Gasteiger partial charge in [-0.25, -0.2) is 4.98 Å². The summed E-state index contributed by atoms with van der Waals surface area (Å²) in [5.74, 6) is 0.888. The van der Waals surface area contributed by atoms with E-state index in [0.29, 0.717) is 18.3 Å². The zero-order valence-electron chi connectivity index (χ0n) is 10.7. The molecule has 0 bridgehead atoms. The highest BCUT2D eigenvalue weighted by molar-refractivity contribution is 5.58. The summed E-state index contributed by atoms with van der Waals surface area (Å²) in [4.78, 5) is 16.8. The van der Waals surface area contributed by atoms with Gasteiger partial charge in [-0.05, 0) is 24.8 Å². The van der Waals surface area contributed by atoms with E-state index in [2.05, 4.69) is 11.9 Å². The maximum atomic E-state index is 11.1. The Hall–Kier alpha value is -1.69. The highest BCUT2D eigenvalue weighted by atomic mass is 16.6. The van der Waals surface area contributed by atoms with Gasteiger partial charge in [0.2, 0.25) is 5.82 Å². The second-order valence-electron chi connectivity index (χ2n) is 4.99. The average Bonchev–Trinajstić information content (AvgIpc) is 2.32. The summed E-state index contributed by atoms with van der Waals surface area (Å²) < 4.78 is 0. The third kappa shape index (κ3) is 2.43. The highest BCUT2D eigenvalue weighted by Gasteiger charge is 2.28. The molecule has 1 saturated heterocycles. The van der Waals surface area contributed by atoms with E-state index in [1.165, 1.54) is 0 Å². The number of piperidine rings is 1. The van der Waals surface area contributed by atoms with Crippen LogP contribution in [0.25, 0.3) is 0 Å². The minimum atomic E-state index is -0.376. The molecule has 2 rings (SSSR count). The van der Waals surface area contributed by atoms with Crippen LogP contribution in [0, 0.1) is 23.0 Å². The lowest BCUT2D eigenvalue weighted by Crippen LogP contribution is -2.48. The van der Waals surface area contributed by atoms with Crippen molar-refractivity contribution in [2.24, 2.45) is 11.7 Å². The van der Waals surface area contributed by atoms with Gasteiger partial charge in [0.1, 0.15) is 0 Å². The SMILES string of the molecule is Cc1cnc(N2CCC(C)C(N)C2)c([N+](=O)[O-])c1. The first-order valence-electron chi connectivity index (χ1n) is 6.10. The van der Waals surface area contributed by atoms with Crippen LogP contribution in [-0.2, 0) is 0 Å². The lowest BCUT2D eigenvalue weighted by molar-refractivity contribution is -0.384. The molecule has 6 heteroatoms. The van der Waals surface area contributed by atoms with Crippen LogP contribution in [0.15, 0.2) is 12.3 Å². The maximum absolute atomic E-state index is 11.1. The smallest absolute Gasteiger partial charge is 0.311 e. The number of aromatic nitrogens is 1. The molecule has 1 aliphatic heterocycles. The molecule has 0 amide bonds. The molecule has 0 radical (unpaired) electrons. The summed E-state index contributed by atoms with van der Waals surface area (Å²) in [5, 5.41) is 11.1. The summed E-state index contributed by atoms with van der Waals surface area (Å²) >= 11 is 0. The molecular weight excluding hydrogens is 232 g/mol. The molecule has 2 N–H and O–H groups in total. The van der Waals surface area contributed by atoms with Crippen molar-refractivity contribution < 1.29 is 4.92 Å². The van der Waals surface area contributed by atoms with Gasteiger partial charge in [0.05, 0.1) is 4.92 Å². The van der Waals surface area contributed by atoms with Crippen molar-refractivity contribution in [3.63, 3.8) is 0 Å². The minimum Gasteiger partial charge on any atom is -0.349 e. The van der Waals surface area contributed by atoms with Crippen LogP contribution in [0.5, 0.6) is 0 Å². The molecule has 0 aliphatic carbocycles. The van der Waals surface area contributed by atoms with Crippen LogP contribution in [0.4, 0.5) is 11.5 Å². The molecule has 1 aromatic rings.